The third-order valence-electron chi connectivity index (χ3n) is 4.82. The minimum absolute atomic E-state index is 0.0896. The highest BCUT2D eigenvalue weighted by Gasteiger charge is 2.52. The van der Waals surface area contributed by atoms with Crippen LogP contribution in [-0.2, 0) is 14.8 Å². The Kier molecular flexibility index (Phi) is 3.32. The molecule has 2 bridgehead atoms. The first-order chi connectivity index (χ1) is 9.81. The SMILES string of the molecule is Cc1n[nH]c(C)c1S(=O)(=O)NC1C2CCC(C2)C1C(=O)O. The molecule has 4 unspecified atom stereocenters. The van der Waals surface area contributed by atoms with Gasteiger partial charge in [-0.3, -0.25) is 9.89 Å². The molecular formula is C13H19N3O4S. The Balaban J connectivity index is 1.91. The number of rotatable bonds is 4. The van der Waals surface area contributed by atoms with Crippen LogP contribution in [0.3, 0.4) is 0 Å². The molecule has 0 spiro atoms. The van der Waals surface area contributed by atoms with Crippen molar-refractivity contribution < 1.29 is 18.3 Å². The second kappa shape index (κ2) is 4.81. The summed E-state index contributed by atoms with van der Waals surface area (Å²) in [6.45, 7) is 3.26. The van der Waals surface area contributed by atoms with Crippen molar-refractivity contribution in [3.05, 3.63) is 11.4 Å². The molecular weight excluding hydrogens is 294 g/mol. The quantitative estimate of drug-likeness (QED) is 0.761. The summed E-state index contributed by atoms with van der Waals surface area (Å²) in [5.41, 5.74) is 0.866. The molecule has 1 aromatic heterocycles. The van der Waals surface area contributed by atoms with Gasteiger partial charge in [-0.2, -0.15) is 5.10 Å². The molecule has 1 heterocycles. The number of nitrogens with one attached hydrogen (secondary N) is 2. The Morgan fingerprint density at radius 1 is 1.33 bits per heavy atom. The van der Waals surface area contributed by atoms with Crippen molar-refractivity contribution in [2.75, 3.05) is 0 Å². The number of hydrogen-bond acceptors (Lipinski definition) is 4. The fourth-order valence-corrected chi connectivity index (χ4v) is 5.69. The van der Waals surface area contributed by atoms with E-state index in [9.17, 15) is 18.3 Å². The standard InChI is InChI=1S/C13H19N3O4S/c1-6-12(7(2)15-14-6)21(19,20)16-11-9-4-3-8(5-9)10(11)13(17)18/h8-11,16H,3-5H2,1-2H3,(H,14,15)(H,17,18). The molecule has 2 saturated carbocycles. The number of aromatic amines is 1. The Labute approximate surface area is 123 Å². The van der Waals surface area contributed by atoms with E-state index in [-0.39, 0.29) is 16.7 Å². The lowest BCUT2D eigenvalue weighted by atomic mass is 9.85. The molecule has 2 fully saturated rings. The summed E-state index contributed by atoms with van der Waals surface area (Å²) in [5.74, 6) is -1.31. The number of carboxylic acids is 1. The van der Waals surface area contributed by atoms with Gasteiger partial charge in [-0.25, -0.2) is 13.1 Å². The fraction of sp³-hybridized carbons (Fsp3) is 0.692. The maximum Gasteiger partial charge on any atom is 0.308 e. The lowest BCUT2D eigenvalue weighted by molar-refractivity contribution is -0.144. The van der Waals surface area contributed by atoms with Gasteiger partial charge in [-0.1, -0.05) is 0 Å². The van der Waals surface area contributed by atoms with E-state index in [1.54, 1.807) is 13.8 Å². The van der Waals surface area contributed by atoms with Gasteiger partial charge in [-0.15, -0.1) is 0 Å². The predicted molar refractivity (Wildman–Crippen MR) is 74.1 cm³/mol. The van der Waals surface area contributed by atoms with Crippen LogP contribution in [0.2, 0.25) is 0 Å². The van der Waals surface area contributed by atoms with E-state index < -0.39 is 28.0 Å². The molecule has 0 saturated heterocycles. The van der Waals surface area contributed by atoms with E-state index in [4.69, 9.17) is 0 Å². The minimum atomic E-state index is -3.76. The largest absolute Gasteiger partial charge is 0.481 e. The summed E-state index contributed by atoms with van der Waals surface area (Å²) in [7, 11) is -3.76. The van der Waals surface area contributed by atoms with Crippen LogP contribution in [-0.4, -0.2) is 35.7 Å². The topological polar surface area (TPSA) is 112 Å². The molecule has 21 heavy (non-hydrogen) atoms. The summed E-state index contributed by atoms with van der Waals surface area (Å²) in [6, 6.07) is -0.514. The van der Waals surface area contributed by atoms with Crippen LogP contribution in [0, 0.1) is 31.6 Å². The molecule has 3 N–H and O–H groups in total. The number of sulfonamides is 1. The molecule has 2 aliphatic rings. The van der Waals surface area contributed by atoms with Crippen LogP contribution < -0.4 is 4.72 Å². The number of carbonyl (C=O) groups is 1. The lowest BCUT2D eigenvalue weighted by Crippen LogP contribution is -2.46. The molecule has 0 radical (unpaired) electrons. The van der Waals surface area contributed by atoms with E-state index in [1.807, 2.05) is 0 Å². The Hall–Kier alpha value is -1.41. The number of H-pyrrole nitrogens is 1. The molecule has 0 aromatic carbocycles. The molecule has 0 aliphatic heterocycles. The third-order valence-corrected chi connectivity index (χ3v) is 6.54. The number of fused-ring (bicyclic) bond motifs is 2. The maximum atomic E-state index is 12.6. The highest BCUT2D eigenvalue weighted by molar-refractivity contribution is 7.89. The van der Waals surface area contributed by atoms with Gasteiger partial charge in [0.15, 0.2) is 0 Å². The second-order valence-electron chi connectivity index (χ2n) is 6.11. The van der Waals surface area contributed by atoms with Gasteiger partial charge in [0.1, 0.15) is 4.90 Å². The van der Waals surface area contributed by atoms with E-state index in [0.717, 1.165) is 19.3 Å². The van der Waals surface area contributed by atoms with Crippen molar-refractivity contribution in [2.45, 2.75) is 44.0 Å². The predicted octanol–water partition coefficient (Wildman–Crippen LogP) is 0.804. The summed E-state index contributed by atoms with van der Waals surface area (Å²) in [5, 5.41) is 15.9. The zero-order valence-electron chi connectivity index (χ0n) is 12.0. The summed E-state index contributed by atoms with van der Waals surface area (Å²) in [4.78, 5) is 11.6. The van der Waals surface area contributed by atoms with Crippen molar-refractivity contribution >= 4 is 16.0 Å². The van der Waals surface area contributed by atoms with E-state index in [1.165, 1.54) is 0 Å². The number of nitrogens with zero attached hydrogens (tertiary/aromatic N) is 1. The highest BCUT2D eigenvalue weighted by atomic mass is 32.2. The molecule has 3 rings (SSSR count). The smallest absolute Gasteiger partial charge is 0.308 e. The lowest BCUT2D eigenvalue weighted by Gasteiger charge is -2.28. The van der Waals surface area contributed by atoms with Gasteiger partial charge < -0.3 is 5.11 Å². The number of carboxylic acid groups (broad SMARTS) is 1. The summed E-state index contributed by atoms with van der Waals surface area (Å²) >= 11 is 0. The maximum absolute atomic E-state index is 12.6. The van der Waals surface area contributed by atoms with Gasteiger partial charge in [-0.05, 0) is 44.9 Å². The van der Waals surface area contributed by atoms with Crippen LogP contribution in [0.15, 0.2) is 4.90 Å². The molecule has 2 aliphatic carbocycles. The molecule has 4 atom stereocenters. The zero-order chi connectivity index (χ0) is 15.4. The summed E-state index contributed by atoms with van der Waals surface area (Å²) < 4.78 is 27.8. The van der Waals surface area contributed by atoms with Gasteiger partial charge >= 0.3 is 5.97 Å². The first-order valence-corrected chi connectivity index (χ1v) is 8.56. The fourth-order valence-electron chi connectivity index (χ4n) is 3.99. The number of aryl methyl sites for hydroxylation is 2. The molecule has 1 aromatic rings. The Morgan fingerprint density at radius 3 is 2.57 bits per heavy atom. The number of aromatic nitrogens is 2. The van der Waals surface area contributed by atoms with Crippen LogP contribution in [0.5, 0.6) is 0 Å². The van der Waals surface area contributed by atoms with E-state index in [2.05, 4.69) is 14.9 Å². The van der Waals surface area contributed by atoms with E-state index >= 15 is 0 Å². The van der Waals surface area contributed by atoms with Gasteiger partial charge in [0.25, 0.3) is 0 Å². The second-order valence-corrected chi connectivity index (χ2v) is 7.76. The van der Waals surface area contributed by atoms with Crippen molar-refractivity contribution in [1.29, 1.82) is 0 Å². The minimum Gasteiger partial charge on any atom is -0.481 e. The van der Waals surface area contributed by atoms with Crippen molar-refractivity contribution in [3.63, 3.8) is 0 Å². The van der Waals surface area contributed by atoms with Crippen LogP contribution >= 0.6 is 0 Å². The normalized spacial score (nSPS) is 31.7. The van der Waals surface area contributed by atoms with Crippen molar-refractivity contribution in [1.82, 2.24) is 14.9 Å². The monoisotopic (exact) mass is 313 g/mol. The first-order valence-electron chi connectivity index (χ1n) is 7.08. The molecule has 0 amide bonds. The van der Waals surface area contributed by atoms with Crippen LogP contribution in [0.1, 0.15) is 30.7 Å². The van der Waals surface area contributed by atoms with Gasteiger partial charge in [0.05, 0.1) is 17.3 Å². The van der Waals surface area contributed by atoms with Crippen molar-refractivity contribution in [2.24, 2.45) is 17.8 Å². The average Bonchev–Trinajstić information content (AvgIpc) is 3.03. The number of aliphatic carboxylic acids is 1. The van der Waals surface area contributed by atoms with Crippen LogP contribution in [0.4, 0.5) is 0 Å². The zero-order valence-corrected chi connectivity index (χ0v) is 12.8. The van der Waals surface area contributed by atoms with E-state index in [0.29, 0.717) is 11.4 Å². The Bertz CT molecular complexity index is 662. The molecule has 116 valence electrons. The number of hydrogen-bond donors (Lipinski definition) is 3. The average molecular weight is 313 g/mol. The third kappa shape index (κ3) is 2.26. The van der Waals surface area contributed by atoms with Crippen molar-refractivity contribution in [3.8, 4) is 0 Å². The van der Waals surface area contributed by atoms with Crippen LogP contribution in [0.25, 0.3) is 0 Å². The highest BCUT2D eigenvalue weighted by Crippen LogP contribution is 2.49. The molecule has 7 nitrogen and oxygen atoms in total. The molecule has 8 heteroatoms. The Morgan fingerprint density at radius 2 is 2.00 bits per heavy atom. The first kappa shape index (κ1) is 14.5. The van der Waals surface area contributed by atoms with Gasteiger partial charge in [0.2, 0.25) is 10.0 Å². The van der Waals surface area contributed by atoms with Gasteiger partial charge in [0, 0.05) is 6.04 Å². The summed E-state index contributed by atoms with van der Waals surface area (Å²) in [6.07, 6.45) is 2.57.